The number of hydrogen-bond donors (Lipinski definition) is 1. The molecule has 3 aromatic rings. The van der Waals surface area contributed by atoms with Gasteiger partial charge in [0.05, 0.1) is 0 Å². The third-order valence-electron chi connectivity index (χ3n) is 4.12. The van der Waals surface area contributed by atoms with Crippen LogP contribution in [0.15, 0.2) is 71.2 Å². The first kappa shape index (κ1) is 17.6. The van der Waals surface area contributed by atoms with Crippen molar-refractivity contribution in [1.29, 1.82) is 0 Å². The summed E-state index contributed by atoms with van der Waals surface area (Å²) in [6.45, 7) is 5.51. The summed E-state index contributed by atoms with van der Waals surface area (Å²) in [6, 6.07) is 22.8. The summed E-state index contributed by atoms with van der Waals surface area (Å²) in [6.07, 6.45) is 0. The van der Waals surface area contributed by atoms with E-state index in [1.165, 1.54) is 16.7 Å². The highest BCUT2D eigenvalue weighted by atomic mass is 79.9. The summed E-state index contributed by atoms with van der Waals surface area (Å²) in [4.78, 5) is 0. The molecule has 0 fully saturated rings. The second-order valence-electron chi connectivity index (χ2n) is 6.20. The molecular formula is C22H22BrNO. The van der Waals surface area contributed by atoms with Crippen molar-refractivity contribution in [2.24, 2.45) is 0 Å². The van der Waals surface area contributed by atoms with Crippen LogP contribution in [0, 0.1) is 13.8 Å². The first-order valence-electron chi connectivity index (χ1n) is 8.38. The standard InChI is InChI=1S/C22H22BrNO/c1-16-8-9-17(2)21(12-16)24-14-19-13-20(23)10-11-22(19)25-15-18-6-4-3-5-7-18/h3-13,24H,14-15H2,1-2H3. The Morgan fingerprint density at radius 2 is 1.72 bits per heavy atom. The predicted molar refractivity (Wildman–Crippen MR) is 108 cm³/mol. The van der Waals surface area contributed by atoms with Gasteiger partial charge in [-0.15, -0.1) is 0 Å². The molecule has 0 aliphatic rings. The highest BCUT2D eigenvalue weighted by molar-refractivity contribution is 9.10. The van der Waals surface area contributed by atoms with Gasteiger partial charge >= 0.3 is 0 Å². The second kappa shape index (κ2) is 8.21. The lowest BCUT2D eigenvalue weighted by atomic mass is 10.1. The van der Waals surface area contributed by atoms with Crippen molar-refractivity contribution in [3.8, 4) is 5.75 Å². The Bertz CT molecular complexity index is 846. The maximum absolute atomic E-state index is 6.06. The van der Waals surface area contributed by atoms with Crippen LogP contribution in [0.5, 0.6) is 5.75 Å². The molecule has 3 heteroatoms. The van der Waals surface area contributed by atoms with Crippen molar-refractivity contribution in [2.75, 3.05) is 5.32 Å². The molecule has 3 aromatic carbocycles. The van der Waals surface area contributed by atoms with Crippen LogP contribution in [0.4, 0.5) is 5.69 Å². The van der Waals surface area contributed by atoms with E-state index in [-0.39, 0.29) is 0 Å². The van der Waals surface area contributed by atoms with Gasteiger partial charge in [-0.05, 0) is 54.8 Å². The predicted octanol–water partition coefficient (Wildman–Crippen LogP) is 6.26. The number of nitrogens with one attached hydrogen (secondary N) is 1. The molecule has 0 aliphatic heterocycles. The first-order valence-corrected chi connectivity index (χ1v) is 9.17. The number of hydrogen-bond acceptors (Lipinski definition) is 2. The smallest absolute Gasteiger partial charge is 0.124 e. The van der Waals surface area contributed by atoms with Crippen LogP contribution in [0.2, 0.25) is 0 Å². The lowest BCUT2D eigenvalue weighted by molar-refractivity contribution is 0.303. The lowest BCUT2D eigenvalue weighted by Crippen LogP contribution is -2.05. The van der Waals surface area contributed by atoms with E-state index in [4.69, 9.17) is 4.74 Å². The van der Waals surface area contributed by atoms with Gasteiger partial charge in [0.1, 0.15) is 12.4 Å². The zero-order valence-corrected chi connectivity index (χ0v) is 16.1. The van der Waals surface area contributed by atoms with Crippen LogP contribution >= 0.6 is 15.9 Å². The molecule has 0 heterocycles. The third-order valence-corrected chi connectivity index (χ3v) is 4.62. The summed E-state index contributed by atoms with van der Waals surface area (Å²) in [5.41, 5.74) is 5.95. The molecule has 1 N–H and O–H groups in total. The van der Waals surface area contributed by atoms with E-state index in [0.717, 1.165) is 21.5 Å². The van der Waals surface area contributed by atoms with Gasteiger partial charge in [0.25, 0.3) is 0 Å². The normalized spacial score (nSPS) is 10.5. The molecule has 25 heavy (non-hydrogen) atoms. The minimum Gasteiger partial charge on any atom is -0.489 e. The van der Waals surface area contributed by atoms with Gasteiger partial charge < -0.3 is 10.1 Å². The maximum atomic E-state index is 6.06. The maximum Gasteiger partial charge on any atom is 0.124 e. The molecule has 3 rings (SSSR count). The number of anilines is 1. The summed E-state index contributed by atoms with van der Waals surface area (Å²) in [5.74, 6) is 0.907. The van der Waals surface area contributed by atoms with Crippen LogP contribution in [0.3, 0.4) is 0 Å². The van der Waals surface area contributed by atoms with E-state index in [2.05, 4.69) is 71.5 Å². The molecular weight excluding hydrogens is 374 g/mol. The number of aryl methyl sites for hydroxylation is 2. The van der Waals surface area contributed by atoms with Gasteiger partial charge in [0.2, 0.25) is 0 Å². The van der Waals surface area contributed by atoms with E-state index in [9.17, 15) is 0 Å². The summed E-state index contributed by atoms with van der Waals surface area (Å²) in [7, 11) is 0. The SMILES string of the molecule is Cc1ccc(C)c(NCc2cc(Br)ccc2OCc2ccccc2)c1. The van der Waals surface area contributed by atoms with Crippen LogP contribution in [-0.4, -0.2) is 0 Å². The monoisotopic (exact) mass is 395 g/mol. The summed E-state index contributed by atoms with van der Waals surface area (Å²) < 4.78 is 7.11. The van der Waals surface area contributed by atoms with Crippen LogP contribution in [0.1, 0.15) is 22.3 Å². The van der Waals surface area contributed by atoms with Crippen molar-refractivity contribution in [3.05, 3.63) is 93.5 Å². The minimum absolute atomic E-state index is 0.568. The van der Waals surface area contributed by atoms with Crippen molar-refractivity contribution in [2.45, 2.75) is 27.0 Å². The van der Waals surface area contributed by atoms with E-state index >= 15 is 0 Å². The fourth-order valence-corrected chi connectivity index (χ4v) is 3.09. The van der Waals surface area contributed by atoms with E-state index < -0.39 is 0 Å². The Balaban J connectivity index is 1.73. The molecule has 0 aromatic heterocycles. The Morgan fingerprint density at radius 3 is 2.52 bits per heavy atom. The molecule has 128 valence electrons. The van der Waals surface area contributed by atoms with E-state index in [1.807, 2.05) is 30.3 Å². The Hall–Kier alpha value is -2.26. The molecule has 0 amide bonds. The highest BCUT2D eigenvalue weighted by Crippen LogP contribution is 2.26. The number of halogens is 1. The van der Waals surface area contributed by atoms with E-state index in [0.29, 0.717) is 13.2 Å². The number of benzene rings is 3. The summed E-state index contributed by atoms with van der Waals surface area (Å²) >= 11 is 3.56. The molecule has 0 aliphatic carbocycles. The Kier molecular flexibility index (Phi) is 5.77. The average molecular weight is 396 g/mol. The Morgan fingerprint density at radius 1 is 0.920 bits per heavy atom. The fourth-order valence-electron chi connectivity index (χ4n) is 2.68. The Labute approximate surface area is 158 Å². The third kappa shape index (κ3) is 4.86. The lowest BCUT2D eigenvalue weighted by Gasteiger charge is -2.15. The molecule has 2 nitrogen and oxygen atoms in total. The molecule has 0 atom stereocenters. The van der Waals surface area contributed by atoms with Gasteiger partial charge in [0.15, 0.2) is 0 Å². The van der Waals surface area contributed by atoms with Gasteiger partial charge in [-0.25, -0.2) is 0 Å². The molecule has 0 radical (unpaired) electrons. The van der Waals surface area contributed by atoms with Gasteiger partial charge in [-0.2, -0.15) is 0 Å². The topological polar surface area (TPSA) is 21.3 Å². The zero-order valence-electron chi connectivity index (χ0n) is 14.6. The molecule has 0 saturated carbocycles. The first-order chi connectivity index (χ1) is 12.1. The molecule has 0 spiro atoms. The van der Waals surface area contributed by atoms with Crippen molar-refractivity contribution in [3.63, 3.8) is 0 Å². The quantitative estimate of drug-likeness (QED) is 0.531. The minimum atomic E-state index is 0.568. The molecule has 0 unspecified atom stereocenters. The van der Waals surface area contributed by atoms with Crippen LogP contribution in [0.25, 0.3) is 0 Å². The van der Waals surface area contributed by atoms with Crippen molar-refractivity contribution >= 4 is 21.6 Å². The fraction of sp³-hybridized carbons (Fsp3) is 0.182. The molecule has 0 saturated heterocycles. The van der Waals surface area contributed by atoms with E-state index in [1.54, 1.807) is 0 Å². The largest absolute Gasteiger partial charge is 0.489 e. The molecule has 0 bridgehead atoms. The van der Waals surface area contributed by atoms with Crippen molar-refractivity contribution in [1.82, 2.24) is 0 Å². The average Bonchev–Trinajstić information content (AvgIpc) is 2.62. The van der Waals surface area contributed by atoms with Crippen LogP contribution in [-0.2, 0) is 13.2 Å². The summed E-state index contributed by atoms with van der Waals surface area (Å²) in [5, 5.41) is 3.54. The van der Waals surface area contributed by atoms with Gasteiger partial charge in [-0.1, -0.05) is 58.4 Å². The van der Waals surface area contributed by atoms with Crippen LogP contribution < -0.4 is 10.1 Å². The van der Waals surface area contributed by atoms with Crippen molar-refractivity contribution < 1.29 is 4.74 Å². The zero-order chi connectivity index (χ0) is 17.6. The number of rotatable bonds is 6. The van der Waals surface area contributed by atoms with Gasteiger partial charge in [-0.3, -0.25) is 0 Å². The van der Waals surface area contributed by atoms with Gasteiger partial charge in [0, 0.05) is 22.3 Å². The highest BCUT2D eigenvalue weighted by Gasteiger charge is 2.07. The number of ether oxygens (including phenoxy) is 1. The second-order valence-corrected chi connectivity index (χ2v) is 7.11.